The lowest BCUT2D eigenvalue weighted by Gasteiger charge is -2.26. The molecule has 10 aromatic carbocycles. The summed E-state index contributed by atoms with van der Waals surface area (Å²) >= 11 is 0. The molecular weight excluding hydrogens is 677 g/mol. The van der Waals surface area contributed by atoms with Crippen LogP contribution < -0.4 is 4.90 Å². The molecule has 0 saturated carbocycles. The lowest BCUT2D eigenvalue weighted by atomic mass is 9.86. The fraction of sp³-hybridized carbons (Fsp3) is 0. The maximum atomic E-state index is 2.40. The molecule has 0 atom stereocenters. The molecule has 0 N–H and O–H groups in total. The number of nitrogens with zero attached hydrogens (tertiary/aromatic N) is 2. The van der Waals surface area contributed by atoms with E-state index in [9.17, 15) is 0 Å². The van der Waals surface area contributed by atoms with Crippen molar-refractivity contribution in [1.82, 2.24) is 4.57 Å². The Bertz CT molecular complexity index is 3180. The Hall–Kier alpha value is -7.42. The Kier molecular flexibility index (Phi) is 7.53. The van der Waals surface area contributed by atoms with Gasteiger partial charge in [0.15, 0.2) is 0 Å². The lowest BCUT2D eigenvalue weighted by Crippen LogP contribution is -2.10. The van der Waals surface area contributed by atoms with E-state index in [0.29, 0.717) is 0 Å². The number of hydrogen-bond donors (Lipinski definition) is 0. The fourth-order valence-corrected chi connectivity index (χ4v) is 8.85. The molecule has 0 unspecified atom stereocenters. The van der Waals surface area contributed by atoms with Crippen LogP contribution in [0.15, 0.2) is 218 Å². The molecule has 0 aliphatic heterocycles. The second-order valence-corrected chi connectivity index (χ2v) is 14.5. The fourth-order valence-electron chi connectivity index (χ4n) is 8.85. The molecule has 0 radical (unpaired) electrons. The second-order valence-electron chi connectivity index (χ2n) is 14.5. The summed E-state index contributed by atoms with van der Waals surface area (Å²) in [4.78, 5) is 2.40. The summed E-state index contributed by atoms with van der Waals surface area (Å²) in [5.41, 5.74) is 11.8. The smallest absolute Gasteiger partial charge is 0.0542 e. The molecule has 0 saturated heterocycles. The van der Waals surface area contributed by atoms with Crippen LogP contribution in [0, 0.1) is 0 Å². The molecule has 0 amide bonds. The van der Waals surface area contributed by atoms with E-state index in [4.69, 9.17) is 0 Å². The van der Waals surface area contributed by atoms with Crippen LogP contribution in [0.25, 0.3) is 82.1 Å². The van der Waals surface area contributed by atoms with Crippen LogP contribution in [0.5, 0.6) is 0 Å². The Morgan fingerprint density at radius 3 is 1.41 bits per heavy atom. The number of aromatic nitrogens is 1. The number of benzene rings is 10. The molecular formula is C54H36N2. The highest BCUT2D eigenvalue weighted by atomic mass is 15.1. The maximum Gasteiger partial charge on any atom is 0.0542 e. The van der Waals surface area contributed by atoms with Crippen LogP contribution in [0.2, 0.25) is 0 Å². The Labute approximate surface area is 325 Å². The molecule has 56 heavy (non-hydrogen) atoms. The molecule has 11 aromatic rings. The molecule has 0 aliphatic carbocycles. The maximum absolute atomic E-state index is 2.40. The Morgan fingerprint density at radius 2 is 0.750 bits per heavy atom. The van der Waals surface area contributed by atoms with E-state index in [1.165, 1.54) is 76.4 Å². The Morgan fingerprint density at radius 1 is 0.286 bits per heavy atom. The van der Waals surface area contributed by atoms with E-state index in [2.05, 4.69) is 228 Å². The van der Waals surface area contributed by atoms with Gasteiger partial charge in [0.2, 0.25) is 0 Å². The molecule has 0 aliphatic rings. The largest absolute Gasteiger partial charge is 0.310 e. The van der Waals surface area contributed by atoms with Crippen molar-refractivity contribution in [1.29, 1.82) is 0 Å². The van der Waals surface area contributed by atoms with Crippen molar-refractivity contribution in [2.75, 3.05) is 4.90 Å². The number of rotatable bonds is 6. The van der Waals surface area contributed by atoms with Gasteiger partial charge in [-0.25, -0.2) is 0 Å². The summed E-state index contributed by atoms with van der Waals surface area (Å²) < 4.78 is 2.38. The van der Waals surface area contributed by atoms with Crippen LogP contribution in [-0.2, 0) is 0 Å². The zero-order valence-electron chi connectivity index (χ0n) is 30.7. The van der Waals surface area contributed by atoms with Gasteiger partial charge in [0.25, 0.3) is 0 Å². The van der Waals surface area contributed by atoms with E-state index in [0.717, 1.165) is 22.7 Å². The van der Waals surface area contributed by atoms with Crippen molar-refractivity contribution in [2.24, 2.45) is 0 Å². The van der Waals surface area contributed by atoms with Crippen molar-refractivity contribution in [3.8, 4) is 27.9 Å². The van der Waals surface area contributed by atoms with Crippen LogP contribution in [0.4, 0.5) is 17.1 Å². The van der Waals surface area contributed by atoms with Crippen molar-refractivity contribution >= 4 is 71.2 Å². The van der Waals surface area contributed by atoms with Gasteiger partial charge >= 0.3 is 0 Å². The van der Waals surface area contributed by atoms with Gasteiger partial charge in [-0.1, -0.05) is 158 Å². The summed E-state index contributed by atoms with van der Waals surface area (Å²) in [5, 5.41) is 9.93. The lowest BCUT2D eigenvalue weighted by molar-refractivity contribution is 1.18. The van der Waals surface area contributed by atoms with Gasteiger partial charge < -0.3 is 9.47 Å². The summed E-state index contributed by atoms with van der Waals surface area (Å²) in [5.74, 6) is 0. The van der Waals surface area contributed by atoms with E-state index < -0.39 is 0 Å². The number of anilines is 3. The minimum Gasteiger partial charge on any atom is -0.310 e. The van der Waals surface area contributed by atoms with Crippen LogP contribution in [0.3, 0.4) is 0 Å². The van der Waals surface area contributed by atoms with Crippen molar-refractivity contribution in [3.63, 3.8) is 0 Å². The first kappa shape index (κ1) is 32.0. The van der Waals surface area contributed by atoms with Gasteiger partial charge in [-0.2, -0.15) is 0 Å². The minimum atomic E-state index is 1.10. The third kappa shape index (κ3) is 5.19. The normalized spacial score (nSPS) is 11.6. The summed E-state index contributed by atoms with van der Waals surface area (Å²) in [7, 11) is 0. The molecule has 262 valence electrons. The predicted octanol–water partition coefficient (Wildman–Crippen LogP) is 15.0. The molecule has 0 bridgehead atoms. The third-order valence-corrected chi connectivity index (χ3v) is 11.3. The molecule has 2 nitrogen and oxygen atoms in total. The zero-order chi connectivity index (χ0) is 37.0. The first-order valence-corrected chi connectivity index (χ1v) is 19.3. The van der Waals surface area contributed by atoms with Gasteiger partial charge in [-0.3, -0.25) is 0 Å². The molecule has 0 spiro atoms. The second kappa shape index (κ2) is 13.2. The molecule has 1 heterocycles. The predicted molar refractivity (Wildman–Crippen MR) is 239 cm³/mol. The highest BCUT2D eigenvalue weighted by Gasteiger charge is 2.20. The van der Waals surface area contributed by atoms with Crippen LogP contribution in [0.1, 0.15) is 0 Å². The van der Waals surface area contributed by atoms with Gasteiger partial charge in [0.05, 0.1) is 11.0 Å². The average molecular weight is 713 g/mol. The van der Waals surface area contributed by atoms with E-state index >= 15 is 0 Å². The molecule has 0 fully saturated rings. The van der Waals surface area contributed by atoms with E-state index in [-0.39, 0.29) is 0 Å². The summed E-state index contributed by atoms with van der Waals surface area (Å²) in [6.45, 7) is 0. The van der Waals surface area contributed by atoms with E-state index in [1.807, 2.05) is 0 Å². The van der Waals surface area contributed by atoms with Crippen LogP contribution >= 0.6 is 0 Å². The monoisotopic (exact) mass is 712 g/mol. The van der Waals surface area contributed by atoms with Crippen LogP contribution in [-0.4, -0.2) is 4.57 Å². The number of para-hydroxylation sites is 2. The van der Waals surface area contributed by atoms with Gasteiger partial charge in [-0.15, -0.1) is 0 Å². The average Bonchev–Trinajstić information content (AvgIpc) is 3.60. The van der Waals surface area contributed by atoms with Gasteiger partial charge in [-0.05, 0) is 115 Å². The van der Waals surface area contributed by atoms with Gasteiger partial charge in [0.1, 0.15) is 0 Å². The first-order valence-electron chi connectivity index (χ1n) is 19.3. The third-order valence-electron chi connectivity index (χ3n) is 11.3. The highest BCUT2D eigenvalue weighted by Crippen LogP contribution is 2.45. The van der Waals surface area contributed by atoms with Crippen molar-refractivity contribution < 1.29 is 0 Å². The summed E-state index contributed by atoms with van der Waals surface area (Å²) in [6, 6.07) is 79.5. The molecule has 2 heteroatoms. The first-order chi connectivity index (χ1) is 27.8. The minimum absolute atomic E-state index is 1.10. The number of hydrogen-bond acceptors (Lipinski definition) is 1. The standard InChI is InChI=1S/C54H36N2/c1-3-16-38(17-4-1)53-46-22-9-11-24-48(46)54(49-25-12-10-23-47(49)53)39-28-30-42(31-29-39)55(43-32-27-37-15-7-8-18-40(37)35-43)44-33-34-52-50(36-44)45-21-13-14-26-51(45)56(52)41-19-5-2-6-20-41/h1-36H. The van der Waals surface area contributed by atoms with E-state index in [1.54, 1.807) is 0 Å². The summed E-state index contributed by atoms with van der Waals surface area (Å²) in [6.07, 6.45) is 0. The molecule has 11 rings (SSSR count). The quantitative estimate of drug-likeness (QED) is 0.156. The van der Waals surface area contributed by atoms with Crippen molar-refractivity contribution in [3.05, 3.63) is 218 Å². The highest BCUT2D eigenvalue weighted by molar-refractivity contribution is 6.21. The topological polar surface area (TPSA) is 8.17 Å². The zero-order valence-corrected chi connectivity index (χ0v) is 30.7. The molecule has 1 aromatic heterocycles. The Balaban J connectivity index is 1.11. The number of fused-ring (bicyclic) bond motifs is 6. The van der Waals surface area contributed by atoms with Crippen molar-refractivity contribution in [2.45, 2.75) is 0 Å². The van der Waals surface area contributed by atoms with Gasteiger partial charge in [0, 0.05) is 33.5 Å². The SMILES string of the molecule is c1ccc(-c2c3ccccc3c(-c3ccc(N(c4ccc5ccccc5c4)c4ccc5c(c4)c4ccccc4n5-c4ccccc4)cc3)c3ccccc23)cc1.